The fraction of sp³-hybridized carbons (Fsp3) is 0.567. The number of rotatable bonds is 6. The number of hydrogen-bond acceptors (Lipinski definition) is 5. The summed E-state index contributed by atoms with van der Waals surface area (Å²) in [6.45, 7) is 9.97. The Bertz CT molecular complexity index is 1160. The molecular formula is C30H39N3O4S. The maximum Gasteiger partial charge on any atom is 0.247 e. The normalized spacial score (nSPS) is 32.8. The van der Waals surface area contributed by atoms with Gasteiger partial charge in [-0.2, -0.15) is 0 Å². The maximum atomic E-state index is 14.3. The number of hydrogen-bond donors (Lipinski definition) is 1. The second-order valence-corrected chi connectivity index (χ2v) is 13.9. The molecule has 1 unspecified atom stereocenters. The highest BCUT2D eigenvalue weighted by atomic mass is 32.2. The standard InChI is InChI=1S/C30H39N3O4S/c1-28(2,3)33-18-11-15-30-23(26(36)32(17-8-9-19-34)24(30)27(33)37)22-25(35)31(16-10-14-29(22,4)38-30)20-21-12-6-5-7-13-21/h5-7,10-15,22-24,34H,8-9,16-20H2,1-4H3/t22-,23-,24?,29+,30-/m0/s1. The largest absolute Gasteiger partial charge is 0.396 e. The van der Waals surface area contributed by atoms with Gasteiger partial charge in [0.05, 0.1) is 16.6 Å². The van der Waals surface area contributed by atoms with E-state index in [0.29, 0.717) is 39.0 Å². The minimum atomic E-state index is -0.831. The van der Waals surface area contributed by atoms with E-state index >= 15 is 0 Å². The lowest BCUT2D eigenvalue weighted by molar-refractivity contribution is -0.146. The van der Waals surface area contributed by atoms with E-state index in [9.17, 15) is 19.5 Å². The molecule has 3 amide bonds. The van der Waals surface area contributed by atoms with Crippen LogP contribution in [0.1, 0.15) is 46.1 Å². The van der Waals surface area contributed by atoms with Gasteiger partial charge < -0.3 is 19.8 Å². The number of fused-ring (bicyclic) bond motifs is 2. The van der Waals surface area contributed by atoms with Crippen molar-refractivity contribution in [2.45, 2.75) is 68.2 Å². The van der Waals surface area contributed by atoms with Gasteiger partial charge in [0.15, 0.2) is 0 Å². The molecule has 2 fully saturated rings. The van der Waals surface area contributed by atoms with Gasteiger partial charge in [-0.15, -0.1) is 11.8 Å². The summed E-state index contributed by atoms with van der Waals surface area (Å²) in [6.07, 6.45) is 9.41. The Labute approximate surface area is 229 Å². The zero-order valence-corrected chi connectivity index (χ0v) is 23.6. The van der Waals surface area contributed by atoms with Crippen LogP contribution in [-0.2, 0) is 20.9 Å². The molecule has 5 rings (SSSR count). The van der Waals surface area contributed by atoms with Crippen molar-refractivity contribution in [1.82, 2.24) is 14.7 Å². The first-order valence-corrected chi connectivity index (χ1v) is 14.5. The Kier molecular flexibility index (Phi) is 7.01. The van der Waals surface area contributed by atoms with Gasteiger partial charge in [0.25, 0.3) is 0 Å². The van der Waals surface area contributed by atoms with Gasteiger partial charge in [0.1, 0.15) is 6.04 Å². The van der Waals surface area contributed by atoms with E-state index in [4.69, 9.17) is 0 Å². The molecule has 38 heavy (non-hydrogen) atoms. The third kappa shape index (κ3) is 4.30. The number of amides is 3. The lowest BCUT2D eigenvalue weighted by Gasteiger charge is -2.41. The quantitative estimate of drug-likeness (QED) is 0.445. The minimum absolute atomic E-state index is 0.0298. The Morgan fingerprint density at radius 1 is 0.947 bits per heavy atom. The molecular weight excluding hydrogens is 498 g/mol. The number of aliphatic hydroxyl groups is 1. The summed E-state index contributed by atoms with van der Waals surface area (Å²) >= 11 is 1.62. The summed E-state index contributed by atoms with van der Waals surface area (Å²) < 4.78 is -1.44. The van der Waals surface area contributed by atoms with Crippen molar-refractivity contribution < 1.29 is 19.5 Å². The lowest BCUT2D eigenvalue weighted by atomic mass is 9.74. The fourth-order valence-electron chi connectivity index (χ4n) is 6.76. The monoisotopic (exact) mass is 537 g/mol. The van der Waals surface area contributed by atoms with E-state index in [-0.39, 0.29) is 24.3 Å². The van der Waals surface area contributed by atoms with Crippen LogP contribution in [0.2, 0.25) is 0 Å². The predicted molar refractivity (Wildman–Crippen MR) is 149 cm³/mol. The molecule has 4 heterocycles. The summed E-state index contributed by atoms with van der Waals surface area (Å²) in [5.41, 5.74) is 0.634. The van der Waals surface area contributed by atoms with E-state index in [0.717, 1.165) is 5.56 Å². The molecule has 0 aliphatic carbocycles. The minimum Gasteiger partial charge on any atom is -0.396 e. The first kappa shape index (κ1) is 27.0. The number of carbonyl (C=O) groups is 3. The molecule has 0 bridgehead atoms. The van der Waals surface area contributed by atoms with Crippen molar-refractivity contribution in [3.05, 3.63) is 60.2 Å². The summed E-state index contributed by atoms with van der Waals surface area (Å²) in [5, 5.41) is 9.40. The zero-order chi connectivity index (χ0) is 27.3. The third-order valence-corrected chi connectivity index (χ3v) is 10.3. The molecule has 0 aromatic heterocycles. The Morgan fingerprint density at radius 2 is 1.66 bits per heavy atom. The average molecular weight is 538 g/mol. The van der Waals surface area contributed by atoms with Crippen LogP contribution in [0.3, 0.4) is 0 Å². The third-order valence-electron chi connectivity index (χ3n) is 8.47. The number of likely N-dealkylation sites (tertiary alicyclic amines) is 1. The summed E-state index contributed by atoms with van der Waals surface area (Å²) in [6, 6.07) is 9.24. The van der Waals surface area contributed by atoms with E-state index in [1.807, 2.05) is 73.1 Å². The molecule has 1 N–H and O–H groups in total. The van der Waals surface area contributed by atoms with Crippen molar-refractivity contribution in [3.63, 3.8) is 0 Å². The molecule has 1 aromatic carbocycles. The van der Waals surface area contributed by atoms with Gasteiger partial charge in [-0.25, -0.2) is 0 Å². The highest BCUT2D eigenvalue weighted by Crippen LogP contribution is 2.65. The molecule has 1 aromatic rings. The fourth-order valence-corrected chi connectivity index (χ4v) is 8.91. The Morgan fingerprint density at radius 3 is 2.34 bits per heavy atom. The SMILES string of the molecule is CC(C)(C)N1CC=C[C@]23S[C@]4(C)C=CCN(Cc5ccccc5)C(=O)[C@@H]4[C@H]2C(=O)N(CCCCO)C3C1=O. The van der Waals surface area contributed by atoms with Crippen LogP contribution in [0.15, 0.2) is 54.6 Å². The van der Waals surface area contributed by atoms with Crippen LogP contribution in [0.4, 0.5) is 0 Å². The van der Waals surface area contributed by atoms with Crippen molar-refractivity contribution in [3.8, 4) is 0 Å². The average Bonchev–Trinajstić information content (AvgIpc) is 3.12. The van der Waals surface area contributed by atoms with Crippen molar-refractivity contribution in [2.75, 3.05) is 26.2 Å². The summed E-state index contributed by atoms with van der Waals surface area (Å²) in [7, 11) is 0. The first-order chi connectivity index (χ1) is 18.0. The van der Waals surface area contributed by atoms with Crippen LogP contribution in [0.25, 0.3) is 0 Å². The smallest absolute Gasteiger partial charge is 0.247 e. The van der Waals surface area contributed by atoms with E-state index in [1.54, 1.807) is 16.7 Å². The second-order valence-electron chi connectivity index (χ2n) is 12.1. The van der Waals surface area contributed by atoms with Crippen LogP contribution in [0.5, 0.6) is 0 Å². The van der Waals surface area contributed by atoms with Gasteiger partial charge in [-0.1, -0.05) is 54.6 Å². The Balaban J connectivity index is 1.58. The molecule has 0 saturated carbocycles. The van der Waals surface area contributed by atoms with Gasteiger partial charge in [0, 0.05) is 43.1 Å². The van der Waals surface area contributed by atoms with Gasteiger partial charge in [0.2, 0.25) is 17.7 Å². The number of thioether (sulfide) groups is 1. The Hall–Kier alpha value is -2.58. The molecule has 1 spiro atoms. The number of nitrogens with zero attached hydrogens (tertiary/aromatic N) is 3. The summed E-state index contributed by atoms with van der Waals surface area (Å²) in [5.74, 6) is -1.42. The van der Waals surface area contributed by atoms with E-state index in [2.05, 4.69) is 19.1 Å². The van der Waals surface area contributed by atoms with E-state index < -0.39 is 32.9 Å². The predicted octanol–water partition coefficient (Wildman–Crippen LogP) is 3.24. The highest BCUT2D eigenvalue weighted by Gasteiger charge is 2.74. The molecule has 4 aliphatic rings. The zero-order valence-electron chi connectivity index (χ0n) is 22.8. The van der Waals surface area contributed by atoms with Crippen LogP contribution in [-0.4, -0.2) is 84.8 Å². The lowest BCUT2D eigenvalue weighted by Crippen LogP contribution is -2.57. The molecule has 204 valence electrons. The summed E-state index contributed by atoms with van der Waals surface area (Å²) in [4.78, 5) is 48.3. The van der Waals surface area contributed by atoms with Gasteiger partial charge in [-0.3, -0.25) is 14.4 Å². The topological polar surface area (TPSA) is 81.2 Å². The number of benzene rings is 1. The second kappa shape index (κ2) is 9.87. The highest BCUT2D eigenvalue weighted by molar-refractivity contribution is 8.02. The maximum absolute atomic E-state index is 14.3. The molecule has 7 nitrogen and oxygen atoms in total. The molecule has 0 radical (unpaired) electrons. The first-order valence-electron chi connectivity index (χ1n) is 13.6. The van der Waals surface area contributed by atoms with Crippen molar-refractivity contribution >= 4 is 29.5 Å². The van der Waals surface area contributed by atoms with Gasteiger partial charge in [-0.05, 0) is 46.1 Å². The molecule has 5 atom stereocenters. The van der Waals surface area contributed by atoms with Crippen LogP contribution in [0, 0.1) is 11.8 Å². The number of aliphatic hydroxyl groups excluding tert-OH is 1. The van der Waals surface area contributed by atoms with Gasteiger partial charge >= 0.3 is 0 Å². The molecule has 2 saturated heterocycles. The molecule has 8 heteroatoms. The van der Waals surface area contributed by atoms with Crippen molar-refractivity contribution in [2.24, 2.45) is 11.8 Å². The van der Waals surface area contributed by atoms with E-state index in [1.165, 1.54) is 0 Å². The van der Waals surface area contributed by atoms with Crippen LogP contribution >= 0.6 is 11.8 Å². The van der Waals surface area contributed by atoms with Crippen LogP contribution < -0.4 is 0 Å². The number of carbonyl (C=O) groups excluding carboxylic acids is 3. The molecule has 4 aliphatic heterocycles. The van der Waals surface area contributed by atoms with Crippen molar-refractivity contribution in [1.29, 1.82) is 0 Å². The number of unbranched alkanes of at least 4 members (excludes halogenated alkanes) is 1.